The molecule has 4 rings (SSSR count). The third-order valence-electron chi connectivity index (χ3n) is 6.79. The number of hydrogen-bond donors (Lipinski definition) is 2. The Morgan fingerprint density at radius 2 is 1.65 bits per heavy atom. The van der Waals surface area contributed by atoms with Gasteiger partial charge in [-0.05, 0) is 42.2 Å². The summed E-state index contributed by atoms with van der Waals surface area (Å²) < 4.78 is 6.23. The van der Waals surface area contributed by atoms with Crippen LogP contribution in [0.2, 0.25) is 0 Å². The zero-order valence-corrected chi connectivity index (χ0v) is 23.3. The molecule has 0 aliphatic rings. The number of carbonyl (C=O) groups excluding carboxylic acids is 1. The summed E-state index contributed by atoms with van der Waals surface area (Å²) in [7, 11) is 7.75. The summed E-state index contributed by atoms with van der Waals surface area (Å²) in [6.07, 6.45) is 5.12. The number of allylic oxidation sites excluding steroid dienone is 1. The normalized spacial score (nSPS) is 12.1. The molecule has 8 nitrogen and oxygen atoms in total. The molecular weight excluding hydrogens is 506 g/mol. The van der Waals surface area contributed by atoms with E-state index in [1.165, 1.54) is 0 Å². The molecule has 0 aliphatic carbocycles. The van der Waals surface area contributed by atoms with Crippen molar-refractivity contribution in [2.24, 2.45) is 0 Å². The van der Waals surface area contributed by atoms with Crippen LogP contribution in [0.3, 0.4) is 0 Å². The quantitative estimate of drug-likeness (QED) is 0.188. The van der Waals surface area contributed by atoms with Crippen LogP contribution in [-0.4, -0.2) is 45.2 Å². The van der Waals surface area contributed by atoms with Gasteiger partial charge in [-0.25, -0.2) is 0 Å². The largest absolute Gasteiger partial charge is 0.481 e. The van der Waals surface area contributed by atoms with Crippen molar-refractivity contribution in [3.05, 3.63) is 88.1 Å². The van der Waals surface area contributed by atoms with Gasteiger partial charge in [-0.3, -0.25) is 14.4 Å². The fourth-order valence-electron chi connectivity index (χ4n) is 4.62. The highest BCUT2D eigenvalue weighted by Crippen LogP contribution is 2.29. The lowest BCUT2D eigenvalue weighted by molar-refractivity contribution is -0.137. The molecule has 0 spiro atoms. The molecule has 1 aromatic heterocycles. The Kier molecular flexibility index (Phi) is 8.89. The average molecular weight is 542 g/mol. The zero-order chi connectivity index (χ0) is 28.8. The molecule has 0 saturated heterocycles. The van der Waals surface area contributed by atoms with E-state index in [4.69, 9.17) is 4.42 Å². The van der Waals surface area contributed by atoms with Crippen LogP contribution < -0.4 is 20.5 Å². The summed E-state index contributed by atoms with van der Waals surface area (Å²) in [6, 6.07) is 17.9. The lowest BCUT2D eigenvalue weighted by atomic mass is 10.0. The van der Waals surface area contributed by atoms with E-state index in [9.17, 15) is 19.5 Å². The minimum atomic E-state index is -0.973. The number of carbonyl (C=O) groups is 2. The molecule has 208 valence electrons. The third kappa shape index (κ3) is 6.69. The zero-order valence-electron chi connectivity index (χ0n) is 23.3. The van der Waals surface area contributed by atoms with E-state index >= 15 is 0 Å². The maximum atomic E-state index is 13.5. The fraction of sp³-hybridized carbons (Fsp3) is 0.281. The summed E-state index contributed by atoms with van der Waals surface area (Å²) in [5.74, 6) is -1.17. The first-order valence-corrected chi connectivity index (χ1v) is 13.3. The van der Waals surface area contributed by atoms with E-state index in [1.54, 1.807) is 6.07 Å². The van der Waals surface area contributed by atoms with Gasteiger partial charge in [-0.2, -0.15) is 0 Å². The highest BCUT2D eigenvalue weighted by Gasteiger charge is 2.18. The van der Waals surface area contributed by atoms with Crippen LogP contribution in [0.5, 0.6) is 0 Å². The van der Waals surface area contributed by atoms with E-state index in [0.29, 0.717) is 34.8 Å². The van der Waals surface area contributed by atoms with Gasteiger partial charge in [0, 0.05) is 58.1 Å². The molecule has 0 fully saturated rings. The molecule has 8 heteroatoms. The topological polar surface area (TPSA) is 103 Å². The second-order valence-electron chi connectivity index (χ2n) is 10.2. The van der Waals surface area contributed by atoms with Gasteiger partial charge >= 0.3 is 5.97 Å². The van der Waals surface area contributed by atoms with Crippen LogP contribution in [0.1, 0.15) is 42.9 Å². The molecule has 40 heavy (non-hydrogen) atoms. The highest BCUT2D eigenvalue weighted by molar-refractivity contribution is 5.97. The Morgan fingerprint density at radius 1 is 0.950 bits per heavy atom. The maximum absolute atomic E-state index is 13.5. The predicted molar refractivity (Wildman–Crippen MR) is 161 cm³/mol. The Morgan fingerprint density at radius 3 is 2.33 bits per heavy atom. The van der Waals surface area contributed by atoms with Gasteiger partial charge in [0.2, 0.25) is 11.3 Å². The number of hydrogen-bond acceptors (Lipinski definition) is 6. The Bertz CT molecular complexity index is 1610. The van der Waals surface area contributed by atoms with Gasteiger partial charge in [0.05, 0.1) is 23.2 Å². The summed E-state index contributed by atoms with van der Waals surface area (Å²) in [6.45, 7) is 0. The van der Waals surface area contributed by atoms with Crippen molar-refractivity contribution in [1.82, 2.24) is 5.32 Å². The lowest BCUT2D eigenvalue weighted by Crippen LogP contribution is -2.29. The molecule has 1 amide bonds. The standard InChI is InChI=1S/C32H35N3O5/c1-34(2)23-15-16-25-27(18-23)40-28-19-24(35(3)4)17-22(31(28)32(25)39)13-9-6-10-14-29(36)33-26(20-30(37)38)21-11-7-5-8-12-21/h5,7-9,11-13,15-19,26H,6,10,14,20H2,1-4H3,(H,33,36)(H,37,38)/b13-9+. The van der Waals surface area contributed by atoms with Gasteiger partial charge < -0.3 is 24.6 Å². The minimum Gasteiger partial charge on any atom is -0.481 e. The Balaban J connectivity index is 1.51. The lowest BCUT2D eigenvalue weighted by Gasteiger charge is -2.17. The third-order valence-corrected chi connectivity index (χ3v) is 6.79. The van der Waals surface area contributed by atoms with Crippen molar-refractivity contribution < 1.29 is 19.1 Å². The molecule has 4 aromatic rings. The second-order valence-corrected chi connectivity index (χ2v) is 10.2. The van der Waals surface area contributed by atoms with E-state index < -0.39 is 12.0 Å². The molecule has 0 aliphatic heterocycles. The molecule has 0 bridgehead atoms. The number of unbranched alkanes of at least 4 members (excludes halogenated alkanes) is 1. The monoisotopic (exact) mass is 541 g/mol. The van der Waals surface area contributed by atoms with Crippen LogP contribution in [0.25, 0.3) is 28.0 Å². The van der Waals surface area contributed by atoms with Crippen molar-refractivity contribution in [2.75, 3.05) is 38.0 Å². The number of nitrogens with zero attached hydrogens (tertiary/aromatic N) is 2. The predicted octanol–water partition coefficient (Wildman–Crippen LogP) is 5.59. The number of anilines is 2. The molecular formula is C32H35N3O5. The van der Waals surface area contributed by atoms with Crippen molar-refractivity contribution in [1.29, 1.82) is 0 Å². The highest BCUT2D eigenvalue weighted by atomic mass is 16.4. The Hall–Kier alpha value is -4.59. The first-order chi connectivity index (χ1) is 19.1. The van der Waals surface area contributed by atoms with Gasteiger partial charge in [0.15, 0.2) is 0 Å². The van der Waals surface area contributed by atoms with Gasteiger partial charge in [0.25, 0.3) is 0 Å². The molecule has 1 unspecified atom stereocenters. The van der Waals surface area contributed by atoms with Crippen molar-refractivity contribution in [3.63, 3.8) is 0 Å². The number of fused-ring (bicyclic) bond motifs is 2. The van der Waals surface area contributed by atoms with Crippen molar-refractivity contribution >= 4 is 51.3 Å². The molecule has 1 heterocycles. The van der Waals surface area contributed by atoms with Crippen LogP contribution in [0.15, 0.2) is 76.0 Å². The van der Waals surface area contributed by atoms with E-state index in [2.05, 4.69) is 5.32 Å². The van der Waals surface area contributed by atoms with E-state index in [-0.39, 0.29) is 24.2 Å². The number of aliphatic carboxylic acids is 1. The minimum absolute atomic E-state index is 0.0868. The van der Waals surface area contributed by atoms with E-state index in [0.717, 1.165) is 22.5 Å². The average Bonchev–Trinajstić information content (AvgIpc) is 2.92. The molecule has 2 N–H and O–H groups in total. The van der Waals surface area contributed by atoms with Gasteiger partial charge in [-0.1, -0.05) is 42.5 Å². The van der Waals surface area contributed by atoms with Gasteiger partial charge in [-0.15, -0.1) is 0 Å². The van der Waals surface area contributed by atoms with Crippen molar-refractivity contribution in [3.8, 4) is 0 Å². The fourth-order valence-corrected chi connectivity index (χ4v) is 4.62. The van der Waals surface area contributed by atoms with Gasteiger partial charge in [0.1, 0.15) is 11.2 Å². The first kappa shape index (κ1) is 28.4. The first-order valence-electron chi connectivity index (χ1n) is 13.3. The SMILES string of the molecule is CN(C)c1ccc2c(=O)c3c(/C=C/CCCC(=O)NC(CC(=O)O)c4ccccc4)cc(N(C)C)cc3oc2c1. The summed E-state index contributed by atoms with van der Waals surface area (Å²) in [4.78, 5) is 41.3. The second kappa shape index (κ2) is 12.5. The van der Waals surface area contributed by atoms with Crippen LogP contribution in [0.4, 0.5) is 11.4 Å². The molecule has 1 atom stereocenters. The number of carboxylic acids is 1. The summed E-state index contributed by atoms with van der Waals surface area (Å²) in [5.41, 5.74) is 4.33. The number of benzene rings is 3. The van der Waals surface area contributed by atoms with Crippen LogP contribution in [-0.2, 0) is 9.59 Å². The van der Waals surface area contributed by atoms with Crippen LogP contribution in [0, 0.1) is 0 Å². The van der Waals surface area contributed by atoms with Crippen molar-refractivity contribution in [2.45, 2.75) is 31.7 Å². The molecule has 0 radical (unpaired) electrons. The summed E-state index contributed by atoms with van der Waals surface area (Å²) >= 11 is 0. The molecule has 0 saturated carbocycles. The van der Waals surface area contributed by atoms with E-state index in [1.807, 2.05) is 105 Å². The smallest absolute Gasteiger partial charge is 0.305 e. The number of nitrogens with one attached hydrogen (secondary N) is 1. The number of carboxylic acid groups (broad SMARTS) is 1. The molecule has 3 aromatic carbocycles. The maximum Gasteiger partial charge on any atom is 0.305 e. The Labute approximate surface area is 233 Å². The number of amides is 1. The number of rotatable bonds is 11. The summed E-state index contributed by atoms with van der Waals surface area (Å²) in [5, 5.41) is 13.1. The van der Waals surface area contributed by atoms with Crippen LogP contribution >= 0.6 is 0 Å².